The first-order chi connectivity index (χ1) is 8.52. The first kappa shape index (κ1) is 13.8. The van der Waals surface area contributed by atoms with Crippen molar-refractivity contribution in [1.29, 1.82) is 0 Å². The highest BCUT2D eigenvalue weighted by Gasteiger charge is 2.43. The minimum atomic E-state index is -0.692. The van der Waals surface area contributed by atoms with Gasteiger partial charge in [-0.1, -0.05) is 0 Å². The second-order valence-electron chi connectivity index (χ2n) is 5.72. The summed E-state index contributed by atoms with van der Waals surface area (Å²) < 4.78 is 5.60. The molecule has 0 saturated carbocycles. The number of rotatable bonds is 3. The molecule has 2 heterocycles. The molecule has 2 fully saturated rings. The Hall–Kier alpha value is -0.650. The molecule has 2 aliphatic rings. The summed E-state index contributed by atoms with van der Waals surface area (Å²) in [7, 11) is 2.12. The normalized spacial score (nSPS) is 35.6. The van der Waals surface area contributed by atoms with Gasteiger partial charge in [0, 0.05) is 38.3 Å². The molecule has 0 spiro atoms. The van der Waals surface area contributed by atoms with Crippen molar-refractivity contribution in [2.24, 2.45) is 0 Å². The zero-order valence-corrected chi connectivity index (χ0v) is 11.4. The number of aliphatic carboxylic acids is 1. The summed E-state index contributed by atoms with van der Waals surface area (Å²) >= 11 is 0. The highest BCUT2D eigenvalue weighted by Crippen LogP contribution is 2.34. The van der Waals surface area contributed by atoms with Crippen LogP contribution in [0.25, 0.3) is 0 Å². The van der Waals surface area contributed by atoms with Gasteiger partial charge in [-0.15, -0.1) is 0 Å². The van der Waals surface area contributed by atoms with Gasteiger partial charge in [0.25, 0.3) is 0 Å². The number of carboxylic acids is 1. The van der Waals surface area contributed by atoms with E-state index in [9.17, 15) is 9.90 Å². The summed E-state index contributed by atoms with van der Waals surface area (Å²) in [5, 5.41) is 9.22. The second kappa shape index (κ2) is 5.55. The van der Waals surface area contributed by atoms with Gasteiger partial charge in [-0.3, -0.25) is 9.69 Å². The maximum Gasteiger partial charge on any atom is 0.305 e. The van der Waals surface area contributed by atoms with Crippen molar-refractivity contribution >= 4 is 5.97 Å². The van der Waals surface area contributed by atoms with Crippen LogP contribution in [0.2, 0.25) is 0 Å². The standard InChI is InChI=1S/C13H24N2O3/c1-11-9-13(3-8-18-11,10-12(16)17)15-6-4-14(2)5-7-15/h11H,3-10H2,1-2H3,(H,16,17). The van der Waals surface area contributed by atoms with Crippen LogP contribution in [0.5, 0.6) is 0 Å². The van der Waals surface area contributed by atoms with E-state index in [1.54, 1.807) is 0 Å². The number of carboxylic acid groups (broad SMARTS) is 1. The molecular weight excluding hydrogens is 232 g/mol. The van der Waals surface area contributed by atoms with Crippen molar-refractivity contribution in [1.82, 2.24) is 9.80 Å². The van der Waals surface area contributed by atoms with Crippen molar-refractivity contribution in [2.75, 3.05) is 39.8 Å². The van der Waals surface area contributed by atoms with Gasteiger partial charge in [0.15, 0.2) is 0 Å². The van der Waals surface area contributed by atoms with Crippen molar-refractivity contribution in [3.8, 4) is 0 Å². The summed E-state index contributed by atoms with van der Waals surface area (Å²) in [5.74, 6) is -0.692. The molecule has 0 aliphatic carbocycles. The molecule has 0 aromatic carbocycles. The van der Waals surface area contributed by atoms with Crippen LogP contribution in [0.4, 0.5) is 0 Å². The lowest BCUT2D eigenvalue weighted by Gasteiger charge is -2.50. The molecule has 2 unspecified atom stereocenters. The van der Waals surface area contributed by atoms with E-state index in [2.05, 4.69) is 16.8 Å². The molecule has 2 rings (SSSR count). The molecule has 2 aliphatic heterocycles. The Morgan fingerprint density at radius 2 is 2.06 bits per heavy atom. The molecule has 18 heavy (non-hydrogen) atoms. The third-order valence-corrected chi connectivity index (χ3v) is 4.29. The van der Waals surface area contributed by atoms with Crippen LogP contribution in [0, 0.1) is 0 Å². The molecule has 104 valence electrons. The minimum absolute atomic E-state index is 0.165. The average Bonchev–Trinajstić information content (AvgIpc) is 2.28. The van der Waals surface area contributed by atoms with Gasteiger partial charge in [-0.05, 0) is 26.8 Å². The van der Waals surface area contributed by atoms with Crippen LogP contribution >= 0.6 is 0 Å². The third-order valence-electron chi connectivity index (χ3n) is 4.29. The van der Waals surface area contributed by atoms with Gasteiger partial charge < -0.3 is 14.7 Å². The Kier molecular flexibility index (Phi) is 4.25. The van der Waals surface area contributed by atoms with Gasteiger partial charge >= 0.3 is 5.97 Å². The summed E-state index contributed by atoms with van der Waals surface area (Å²) in [6, 6.07) is 0. The third kappa shape index (κ3) is 3.02. The Balaban J connectivity index is 2.10. The van der Waals surface area contributed by atoms with Gasteiger partial charge in [0.2, 0.25) is 0 Å². The van der Waals surface area contributed by atoms with E-state index in [4.69, 9.17) is 4.74 Å². The fraction of sp³-hybridized carbons (Fsp3) is 0.923. The lowest BCUT2D eigenvalue weighted by atomic mass is 9.81. The molecule has 0 bridgehead atoms. The monoisotopic (exact) mass is 256 g/mol. The number of piperazine rings is 1. The first-order valence-electron chi connectivity index (χ1n) is 6.79. The smallest absolute Gasteiger partial charge is 0.305 e. The number of nitrogens with zero attached hydrogens (tertiary/aromatic N) is 2. The molecule has 0 radical (unpaired) electrons. The first-order valence-corrected chi connectivity index (χ1v) is 6.79. The van der Waals surface area contributed by atoms with Crippen LogP contribution in [0.15, 0.2) is 0 Å². The van der Waals surface area contributed by atoms with Gasteiger partial charge in [-0.25, -0.2) is 0 Å². The largest absolute Gasteiger partial charge is 0.481 e. The van der Waals surface area contributed by atoms with E-state index in [1.165, 1.54) is 0 Å². The molecule has 1 N–H and O–H groups in total. The van der Waals surface area contributed by atoms with Crippen molar-refractivity contribution < 1.29 is 14.6 Å². The Morgan fingerprint density at radius 3 is 2.61 bits per heavy atom. The van der Waals surface area contributed by atoms with E-state index in [0.29, 0.717) is 6.61 Å². The van der Waals surface area contributed by atoms with E-state index < -0.39 is 5.97 Å². The topological polar surface area (TPSA) is 53.0 Å². The van der Waals surface area contributed by atoms with Crippen LogP contribution in [0.1, 0.15) is 26.2 Å². The quantitative estimate of drug-likeness (QED) is 0.803. The fourth-order valence-corrected chi connectivity index (χ4v) is 3.27. The van der Waals surface area contributed by atoms with Gasteiger partial charge in [0.05, 0.1) is 12.5 Å². The van der Waals surface area contributed by atoms with Crippen LogP contribution in [-0.2, 0) is 9.53 Å². The maximum absolute atomic E-state index is 11.2. The minimum Gasteiger partial charge on any atom is -0.481 e. The maximum atomic E-state index is 11.2. The molecule has 5 heteroatoms. The fourth-order valence-electron chi connectivity index (χ4n) is 3.27. The predicted molar refractivity (Wildman–Crippen MR) is 68.7 cm³/mol. The van der Waals surface area contributed by atoms with E-state index in [-0.39, 0.29) is 18.1 Å². The number of hydrogen-bond donors (Lipinski definition) is 1. The van der Waals surface area contributed by atoms with E-state index in [1.807, 2.05) is 6.92 Å². The summed E-state index contributed by atoms with van der Waals surface area (Å²) in [4.78, 5) is 15.9. The number of likely N-dealkylation sites (N-methyl/N-ethyl adjacent to an activating group) is 1. The predicted octanol–water partition coefficient (Wildman–Crippen LogP) is 0.646. The summed E-state index contributed by atoms with van der Waals surface area (Å²) in [6.07, 6.45) is 2.08. The van der Waals surface area contributed by atoms with Crippen molar-refractivity contribution in [3.63, 3.8) is 0 Å². The van der Waals surface area contributed by atoms with Crippen molar-refractivity contribution in [3.05, 3.63) is 0 Å². The highest BCUT2D eigenvalue weighted by molar-refractivity contribution is 5.68. The number of carbonyl (C=O) groups is 1. The molecule has 0 amide bonds. The highest BCUT2D eigenvalue weighted by atomic mass is 16.5. The Labute approximate surface area is 109 Å². The number of hydrogen-bond acceptors (Lipinski definition) is 4. The van der Waals surface area contributed by atoms with Gasteiger partial charge in [0.1, 0.15) is 0 Å². The van der Waals surface area contributed by atoms with Crippen LogP contribution < -0.4 is 0 Å². The Bertz CT molecular complexity index is 303. The molecular formula is C13H24N2O3. The molecule has 0 aromatic heterocycles. The average molecular weight is 256 g/mol. The SMILES string of the molecule is CC1CC(CC(=O)O)(N2CCN(C)CC2)CCO1. The zero-order valence-electron chi connectivity index (χ0n) is 11.4. The van der Waals surface area contributed by atoms with E-state index in [0.717, 1.165) is 39.0 Å². The number of ether oxygens (including phenoxy) is 1. The molecule has 2 saturated heterocycles. The Morgan fingerprint density at radius 1 is 1.39 bits per heavy atom. The zero-order chi connectivity index (χ0) is 13.2. The van der Waals surface area contributed by atoms with E-state index >= 15 is 0 Å². The van der Waals surface area contributed by atoms with Crippen LogP contribution in [0.3, 0.4) is 0 Å². The molecule has 5 nitrogen and oxygen atoms in total. The van der Waals surface area contributed by atoms with Crippen LogP contribution in [-0.4, -0.2) is 72.4 Å². The lowest BCUT2D eigenvalue weighted by Crippen LogP contribution is -2.60. The summed E-state index contributed by atoms with van der Waals surface area (Å²) in [5.41, 5.74) is -0.190. The molecule has 0 aromatic rings. The molecule has 2 atom stereocenters. The van der Waals surface area contributed by atoms with Crippen molar-refractivity contribution in [2.45, 2.75) is 37.8 Å². The van der Waals surface area contributed by atoms with Gasteiger partial charge in [-0.2, -0.15) is 0 Å². The summed E-state index contributed by atoms with van der Waals surface area (Å²) in [6.45, 7) is 6.72. The lowest BCUT2D eigenvalue weighted by molar-refractivity contribution is -0.145. The second-order valence-corrected chi connectivity index (χ2v) is 5.72.